The predicted molar refractivity (Wildman–Crippen MR) is 167 cm³/mol. The van der Waals surface area contributed by atoms with Crippen molar-refractivity contribution in [3.05, 3.63) is 99.0 Å². The van der Waals surface area contributed by atoms with Crippen molar-refractivity contribution in [2.45, 2.75) is 85.8 Å². The van der Waals surface area contributed by atoms with E-state index in [1.165, 1.54) is 10.7 Å². The number of nitrogens with one attached hydrogen (secondary N) is 1. The maximum atomic E-state index is 12.0. The zero-order valence-electron chi connectivity index (χ0n) is 26.3. The minimum atomic E-state index is -0.468. The van der Waals surface area contributed by atoms with Gasteiger partial charge in [0, 0.05) is 24.6 Å². The number of esters is 1. The van der Waals surface area contributed by atoms with Gasteiger partial charge in [-0.05, 0) is 77.6 Å². The number of rotatable bonds is 12. The lowest BCUT2D eigenvalue weighted by Gasteiger charge is -2.19. The molecule has 0 fully saturated rings. The van der Waals surface area contributed by atoms with Gasteiger partial charge in [0.1, 0.15) is 5.60 Å². The summed E-state index contributed by atoms with van der Waals surface area (Å²) >= 11 is 0. The second-order valence-corrected chi connectivity index (χ2v) is 11.3. The van der Waals surface area contributed by atoms with E-state index in [4.69, 9.17) is 9.47 Å². The summed E-state index contributed by atoms with van der Waals surface area (Å²) in [4.78, 5) is 46.7. The minimum absolute atomic E-state index is 0.142. The Bertz CT molecular complexity index is 1410. The van der Waals surface area contributed by atoms with Crippen molar-refractivity contribution in [2.75, 3.05) is 13.2 Å². The van der Waals surface area contributed by atoms with Gasteiger partial charge in [0.15, 0.2) is 5.78 Å². The summed E-state index contributed by atoms with van der Waals surface area (Å²) in [6.07, 6.45) is 2.99. The molecule has 1 amide bonds. The summed E-state index contributed by atoms with van der Waals surface area (Å²) in [5.41, 5.74) is 3.86. The molecule has 3 rings (SSSR count). The lowest BCUT2D eigenvalue weighted by atomic mass is 10.0. The zero-order chi connectivity index (χ0) is 31.8. The Kier molecular flexibility index (Phi) is 14.3. The Morgan fingerprint density at radius 2 is 1.63 bits per heavy atom. The highest BCUT2D eigenvalue weighted by Gasteiger charge is 2.15. The Morgan fingerprint density at radius 3 is 2.33 bits per heavy atom. The Hall–Kier alpha value is -4.27. The number of amides is 1. The molecule has 0 aliphatic carbocycles. The van der Waals surface area contributed by atoms with E-state index < -0.39 is 5.60 Å². The van der Waals surface area contributed by atoms with Crippen molar-refractivity contribution in [1.29, 1.82) is 0 Å². The van der Waals surface area contributed by atoms with Crippen LogP contribution in [0.1, 0.15) is 86.1 Å². The number of nitrogens with zero attached hydrogens (tertiary/aromatic N) is 2. The van der Waals surface area contributed by atoms with Crippen LogP contribution in [0.25, 0.3) is 0 Å². The van der Waals surface area contributed by atoms with Crippen LogP contribution in [-0.2, 0) is 27.2 Å². The van der Waals surface area contributed by atoms with Gasteiger partial charge in [-0.15, -0.1) is 0 Å². The topological polar surface area (TPSA) is 117 Å². The van der Waals surface area contributed by atoms with E-state index in [0.717, 1.165) is 47.2 Å². The number of benzene rings is 2. The van der Waals surface area contributed by atoms with Crippen LogP contribution >= 0.6 is 0 Å². The number of unbranched alkanes of at least 4 members (excludes halogenated alkanes) is 2. The summed E-state index contributed by atoms with van der Waals surface area (Å²) < 4.78 is 11.5. The van der Waals surface area contributed by atoms with Gasteiger partial charge in [-0.25, -0.2) is 9.48 Å². The first-order valence-electron chi connectivity index (χ1n) is 14.7. The van der Waals surface area contributed by atoms with Crippen LogP contribution in [-0.4, -0.2) is 46.4 Å². The molecular formula is C34H45N3O6. The van der Waals surface area contributed by atoms with Gasteiger partial charge in [0.25, 0.3) is 5.56 Å². The number of alkyl carbamates (subject to hydrolysis) is 1. The van der Waals surface area contributed by atoms with Crippen molar-refractivity contribution < 1.29 is 23.9 Å². The Balaban J connectivity index is 0.000000300. The zero-order valence-corrected chi connectivity index (χ0v) is 26.3. The first-order valence-corrected chi connectivity index (χ1v) is 14.7. The third-order valence-electron chi connectivity index (χ3n) is 6.07. The second-order valence-electron chi connectivity index (χ2n) is 11.3. The number of hydrogen-bond acceptors (Lipinski definition) is 7. The maximum absolute atomic E-state index is 12.0. The average molecular weight is 592 g/mol. The van der Waals surface area contributed by atoms with Gasteiger partial charge in [0.05, 0.1) is 25.3 Å². The molecule has 0 radical (unpaired) electrons. The number of carbonyl (C=O) groups excluding carboxylic acids is 3. The lowest BCUT2D eigenvalue weighted by Crippen LogP contribution is -2.32. The van der Waals surface area contributed by atoms with E-state index in [1.54, 1.807) is 13.0 Å². The lowest BCUT2D eigenvalue weighted by molar-refractivity contribution is -0.142. The molecule has 1 N–H and O–H groups in total. The van der Waals surface area contributed by atoms with Crippen LogP contribution < -0.4 is 10.9 Å². The molecule has 2 aromatic carbocycles. The van der Waals surface area contributed by atoms with E-state index in [0.29, 0.717) is 26.1 Å². The summed E-state index contributed by atoms with van der Waals surface area (Å²) in [6.45, 7) is 12.5. The number of carbonyl (C=O) groups is 3. The van der Waals surface area contributed by atoms with Gasteiger partial charge in [0.2, 0.25) is 0 Å². The second kappa shape index (κ2) is 17.6. The molecule has 0 unspecified atom stereocenters. The third kappa shape index (κ3) is 14.5. The molecule has 1 aromatic heterocycles. The van der Waals surface area contributed by atoms with Crippen LogP contribution in [0, 0.1) is 13.8 Å². The van der Waals surface area contributed by atoms with Gasteiger partial charge in [-0.1, -0.05) is 54.4 Å². The van der Waals surface area contributed by atoms with E-state index in [1.807, 2.05) is 83.1 Å². The normalized spacial score (nSPS) is 10.7. The van der Waals surface area contributed by atoms with Crippen LogP contribution in [0.5, 0.6) is 0 Å². The fourth-order valence-corrected chi connectivity index (χ4v) is 4.11. The Labute approximate surface area is 254 Å². The number of ether oxygens (including phenoxy) is 2. The number of aryl methyl sites for hydroxylation is 2. The fourth-order valence-electron chi connectivity index (χ4n) is 4.11. The summed E-state index contributed by atoms with van der Waals surface area (Å²) in [7, 11) is 0. The van der Waals surface area contributed by atoms with Crippen molar-refractivity contribution >= 4 is 17.8 Å². The van der Waals surface area contributed by atoms with Crippen molar-refractivity contribution in [1.82, 2.24) is 15.1 Å². The van der Waals surface area contributed by atoms with Crippen LogP contribution in [0.4, 0.5) is 4.79 Å². The van der Waals surface area contributed by atoms with E-state index in [2.05, 4.69) is 10.4 Å². The number of Topliss-reactive ketones (excluding diaryl/α,β-unsaturated/α-hetero) is 1. The average Bonchev–Trinajstić information content (AvgIpc) is 2.92. The maximum Gasteiger partial charge on any atom is 0.407 e. The number of ketones is 1. The number of hydrogen-bond donors (Lipinski definition) is 1. The molecule has 3 aromatic rings. The van der Waals surface area contributed by atoms with Crippen LogP contribution in [0.15, 0.2) is 65.5 Å². The molecule has 43 heavy (non-hydrogen) atoms. The van der Waals surface area contributed by atoms with Gasteiger partial charge in [-0.2, -0.15) is 5.10 Å². The SMILES string of the molecule is CCOC(=O)Cc1cccc(Cn2nc(C)ccc2=O)c1.Cc1cccc(C(=O)CCCCCNC(=O)OC(C)(C)C)c1. The molecule has 0 saturated heterocycles. The fraction of sp³-hybridized carbons (Fsp3) is 0.441. The van der Waals surface area contributed by atoms with E-state index in [-0.39, 0.29) is 29.8 Å². The molecule has 0 bridgehead atoms. The summed E-state index contributed by atoms with van der Waals surface area (Å²) in [5.74, 6) is -0.0655. The molecule has 232 valence electrons. The molecule has 0 aliphatic rings. The van der Waals surface area contributed by atoms with Gasteiger partial charge >= 0.3 is 12.1 Å². The minimum Gasteiger partial charge on any atom is -0.466 e. The largest absolute Gasteiger partial charge is 0.466 e. The third-order valence-corrected chi connectivity index (χ3v) is 6.07. The molecule has 0 spiro atoms. The first kappa shape index (κ1) is 34.9. The monoisotopic (exact) mass is 591 g/mol. The highest BCUT2D eigenvalue weighted by Crippen LogP contribution is 2.11. The van der Waals surface area contributed by atoms with E-state index in [9.17, 15) is 19.2 Å². The highest BCUT2D eigenvalue weighted by atomic mass is 16.6. The molecule has 9 heteroatoms. The van der Waals surface area contributed by atoms with Crippen molar-refractivity contribution in [3.63, 3.8) is 0 Å². The highest BCUT2D eigenvalue weighted by molar-refractivity contribution is 5.96. The van der Waals surface area contributed by atoms with Gasteiger partial charge < -0.3 is 14.8 Å². The quantitative estimate of drug-likeness (QED) is 0.157. The number of aromatic nitrogens is 2. The first-order chi connectivity index (χ1) is 20.4. The molecule has 1 heterocycles. The molecular weight excluding hydrogens is 546 g/mol. The Morgan fingerprint density at radius 1 is 0.907 bits per heavy atom. The predicted octanol–water partition coefficient (Wildman–Crippen LogP) is 5.97. The standard InChI is InChI=1S/C18H27NO3.C16H18N2O3/c1-14-9-8-10-15(13-14)16(20)11-6-5-7-12-19-17(21)22-18(2,3)4;1-3-21-16(20)10-13-5-4-6-14(9-13)11-18-15(19)8-7-12(2)17-18/h8-10,13H,5-7,11-12H2,1-4H3,(H,19,21);4-9H,3,10-11H2,1-2H3. The van der Waals surface area contributed by atoms with Crippen LogP contribution in [0.3, 0.4) is 0 Å². The molecule has 9 nitrogen and oxygen atoms in total. The molecule has 0 atom stereocenters. The summed E-state index contributed by atoms with van der Waals surface area (Å²) in [6, 6.07) is 18.4. The molecule has 0 aliphatic heterocycles. The van der Waals surface area contributed by atoms with Crippen LogP contribution in [0.2, 0.25) is 0 Å². The van der Waals surface area contributed by atoms with Crippen molar-refractivity contribution in [3.8, 4) is 0 Å². The summed E-state index contributed by atoms with van der Waals surface area (Å²) in [5, 5.41) is 6.92. The smallest absolute Gasteiger partial charge is 0.407 e. The van der Waals surface area contributed by atoms with Crippen molar-refractivity contribution in [2.24, 2.45) is 0 Å². The van der Waals surface area contributed by atoms with Gasteiger partial charge in [-0.3, -0.25) is 14.4 Å². The molecule has 0 saturated carbocycles. The van der Waals surface area contributed by atoms with E-state index >= 15 is 0 Å².